The van der Waals surface area contributed by atoms with Gasteiger partial charge >= 0.3 is 0 Å². The number of amides is 1. The van der Waals surface area contributed by atoms with Crippen molar-refractivity contribution in [3.63, 3.8) is 0 Å². The summed E-state index contributed by atoms with van der Waals surface area (Å²) in [6.45, 7) is 2.24. The van der Waals surface area contributed by atoms with Crippen molar-refractivity contribution in [2.45, 2.75) is 12.8 Å². The smallest absolute Gasteiger partial charge is 0.257 e. The molecule has 2 aromatic heterocycles. The first-order chi connectivity index (χ1) is 11.3. The average Bonchev–Trinajstić information content (AvgIpc) is 3.26. The molecule has 0 aliphatic carbocycles. The Kier molecular flexibility index (Phi) is 3.46. The van der Waals surface area contributed by atoms with Crippen molar-refractivity contribution in [2.75, 3.05) is 23.3 Å². The van der Waals surface area contributed by atoms with E-state index in [1.54, 1.807) is 18.5 Å². The molecule has 4 rings (SSSR count). The Labute approximate surface area is 134 Å². The van der Waals surface area contributed by atoms with Crippen LogP contribution >= 0.6 is 0 Å². The molecular formula is C18H18N4O. The van der Waals surface area contributed by atoms with Crippen LogP contribution in [-0.4, -0.2) is 28.4 Å². The minimum absolute atomic E-state index is 0.116. The number of hydrogen-bond donors (Lipinski definition) is 1. The van der Waals surface area contributed by atoms with E-state index in [0.717, 1.165) is 24.4 Å². The summed E-state index contributed by atoms with van der Waals surface area (Å²) in [6.07, 6.45) is 7.85. The second-order valence-electron chi connectivity index (χ2n) is 5.81. The van der Waals surface area contributed by atoms with Crippen LogP contribution in [0.15, 0.2) is 55.0 Å². The molecule has 116 valence electrons. The predicted molar refractivity (Wildman–Crippen MR) is 91.0 cm³/mol. The molecule has 0 atom stereocenters. The molecule has 1 aromatic carbocycles. The number of fused-ring (bicyclic) bond motifs is 1. The van der Waals surface area contributed by atoms with Crippen LogP contribution in [0.2, 0.25) is 0 Å². The fourth-order valence-electron chi connectivity index (χ4n) is 2.99. The van der Waals surface area contributed by atoms with Gasteiger partial charge in [-0.25, -0.2) is 4.98 Å². The number of nitrogens with one attached hydrogen (secondary N) is 1. The van der Waals surface area contributed by atoms with E-state index < -0.39 is 0 Å². The Bertz CT molecular complexity index is 832. The first kappa shape index (κ1) is 13.8. The number of anilines is 2. The summed E-state index contributed by atoms with van der Waals surface area (Å²) in [4.78, 5) is 18.9. The predicted octanol–water partition coefficient (Wildman–Crippen LogP) is 3.19. The fraction of sp³-hybridized carbons (Fsp3) is 0.222. The van der Waals surface area contributed by atoms with Crippen LogP contribution in [0.1, 0.15) is 23.2 Å². The van der Waals surface area contributed by atoms with E-state index in [0.29, 0.717) is 5.56 Å². The van der Waals surface area contributed by atoms with E-state index in [1.807, 2.05) is 28.8 Å². The number of carbonyl (C=O) groups excluding carboxylic acids is 1. The van der Waals surface area contributed by atoms with Gasteiger partial charge in [-0.05, 0) is 49.2 Å². The van der Waals surface area contributed by atoms with Gasteiger partial charge < -0.3 is 14.6 Å². The summed E-state index contributed by atoms with van der Waals surface area (Å²) in [5, 5.41) is 2.94. The molecule has 1 fully saturated rings. The minimum atomic E-state index is -0.116. The van der Waals surface area contributed by atoms with Crippen molar-refractivity contribution in [2.24, 2.45) is 0 Å². The lowest BCUT2D eigenvalue weighted by molar-refractivity contribution is 0.102. The van der Waals surface area contributed by atoms with Gasteiger partial charge in [0.15, 0.2) is 0 Å². The van der Waals surface area contributed by atoms with Crippen molar-refractivity contribution in [3.05, 3.63) is 60.6 Å². The molecule has 3 heterocycles. The second-order valence-corrected chi connectivity index (χ2v) is 5.81. The molecule has 0 unspecified atom stereocenters. The van der Waals surface area contributed by atoms with Crippen molar-refractivity contribution >= 4 is 22.9 Å². The summed E-state index contributed by atoms with van der Waals surface area (Å²) in [7, 11) is 0. The van der Waals surface area contributed by atoms with Gasteiger partial charge in [0.25, 0.3) is 5.91 Å². The average molecular weight is 306 g/mol. The van der Waals surface area contributed by atoms with Crippen molar-refractivity contribution in [3.8, 4) is 0 Å². The molecule has 0 spiro atoms. The lowest BCUT2D eigenvalue weighted by Gasteiger charge is -2.17. The van der Waals surface area contributed by atoms with Crippen molar-refractivity contribution < 1.29 is 4.79 Å². The van der Waals surface area contributed by atoms with Crippen LogP contribution < -0.4 is 10.2 Å². The molecule has 1 N–H and O–H groups in total. The summed E-state index contributed by atoms with van der Waals surface area (Å²) in [6, 6.07) is 11.7. The quantitative estimate of drug-likeness (QED) is 0.808. The van der Waals surface area contributed by atoms with E-state index in [-0.39, 0.29) is 5.91 Å². The lowest BCUT2D eigenvalue weighted by atomic mass is 10.2. The molecular weight excluding hydrogens is 288 g/mol. The molecule has 1 aliphatic heterocycles. The second kappa shape index (κ2) is 5.76. The molecule has 5 nitrogen and oxygen atoms in total. The van der Waals surface area contributed by atoms with Gasteiger partial charge in [0.05, 0.1) is 5.56 Å². The SMILES string of the molecule is O=C(Nc1ccc(N2CCCC2)cc1)c1ccc2nccn2c1. The molecule has 1 amide bonds. The molecule has 5 heteroatoms. The standard InChI is InChI=1S/C18H18N4O/c23-18(14-3-8-17-19-9-12-22(17)13-14)20-15-4-6-16(7-5-15)21-10-1-2-11-21/h3-9,12-13H,1-2,10-11H2,(H,20,23). The summed E-state index contributed by atoms with van der Waals surface area (Å²) >= 11 is 0. The Hall–Kier alpha value is -2.82. The number of benzene rings is 1. The molecule has 1 saturated heterocycles. The van der Waals surface area contributed by atoms with Gasteiger partial charge in [-0.15, -0.1) is 0 Å². The van der Waals surface area contributed by atoms with Gasteiger partial charge in [0, 0.05) is 43.1 Å². The lowest BCUT2D eigenvalue weighted by Crippen LogP contribution is -2.17. The van der Waals surface area contributed by atoms with Crippen LogP contribution in [0.3, 0.4) is 0 Å². The zero-order chi connectivity index (χ0) is 15.6. The van der Waals surface area contributed by atoms with Crippen LogP contribution in [0, 0.1) is 0 Å². The largest absolute Gasteiger partial charge is 0.372 e. The van der Waals surface area contributed by atoms with Gasteiger partial charge in [-0.3, -0.25) is 4.79 Å². The third-order valence-electron chi connectivity index (χ3n) is 4.25. The fourth-order valence-corrected chi connectivity index (χ4v) is 2.99. The first-order valence-corrected chi connectivity index (χ1v) is 7.89. The van der Waals surface area contributed by atoms with Crippen LogP contribution in [0.5, 0.6) is 0 Å². The monoisotopic (exact) mass is 306 g/mol. The summed E-state index contributed by atoms with van der Waals surface area (Å²) in [5.41, 5.74) is 3.47. The van der Waals surface area contributed by atoms with Crippen LogP contribution in [0.4, 0.5) is 11.4 Å². The van der Waals surface area contributed by atoms with Gasteiger partial charge in [0.1, 0.15) is 5.65 Å². The number of carbonyl (C=O) groups is 1. The molecule has 0 radical (unpaired) electrons. The highest BCUT2D eigenvalue weighted by molar-refractivity contribution is 6.04. The highest BCUT2D eigenvalue weighted by Crippen LogP contribution is 2.22. The van der Waals surface area contributed by atoms with Crippen LogP contribution in [-0.2, 0) is 0 Å². The van der Waals surface area contributed by atoms with E-state index in [2.05, 4.69) is 27.3 Å². The molecule has 23 heavy (non-hydrogen) atoms. The topological polar surface area (TPSA) is 49.6 Å². The maximum atomic E-state index is 12.4. The van der Waals surface area contributed by atoms with E-state index in [4.69, 9.17) is 0 Å². The Morgan fingerprint density at radius 1 is 1.04 bits per heavy atom. The normalized spacial score (nSPS) is 14.3. The van der Waals surface area contributed by atoms with Gasteiger partial charge in [0.2, 0.25) is 0 Å². The number of imidazole rings is 1. The molecule has 0 bridgehead atoms. The number of pyridine rings is 1. The third-order valence-corrected chi connectivity index (χ3v) is 4.25. The van der Waals surface area contributed by atoms with Gasteiger partial charge in [-0.1, -0.05) is 0 Å². The Morgan fingerprint density at radius 2 is 1.83 bits per heavy atom. The number of nitrogens with zero attached hydrogens (tertiary/aromatic N) is 3. The number of aromatic nitrogens is 2. The Morgan fingerprint density at radius 3 is 2.61 bits per heavy atom. The highest BCUT2D eigenvalue weighted by Gasteiger charge is 2.12. The maximum absolute atomic E-state index is 12.4. The molecule has 0 saturated carbocycles. The van der Waals surface area contributed by atoms with Crippen LogP contribution in [0.25, 0.3) is 5.65 Å². The zero-order valence-corrected chi connectivity index (χ0v) is 12.8. The van der Waals surface area contributed by atoms with E-state index >= 15 is 0 Å². The number of hydrogen-bond acceptors (Lipinski definition) is 3. The van der Waals surface area contributed by atoms with Gasteiger partial charge in [-0.2, -0.15) is 0 Å². The number of rotatable bonds is 3. The maximum Gasteiger partial charge on any atom is 0.257 e. The highest BCUT2D eigenvalue weighted by atomic mass is 16.1. The minimum Gasteiger partial charge on any atom is -0.372 e. The third kappa shape index (κ3) is 2.77. The molecule has 3 aromatic rings. The summed E-state index contributed by atoms with van der Waals surface area (Å²) < 4.78 is 1.84. The van der Waals surface area contributed by atoms with E-state index in [1.165, 1.54) is 18.5 Å². The zero-order valence-electron chi connectivity index (χ0n) is 12.8. The van der Waals surface area contributed by atoms with Crippen molar-refractivity contribution in [1.82, 2.24) is 9.38 Å². The van der Waals surface area contributed by atoms with Crippen molar-refractivity contribution in [1.29, 1.82) is 0 Å². The summed E-state index contributed by atoms with van der Waals surface area (Å²) in [5.74, 6) is -0.116. The van der Waals surface area contributed by atoms with E-state index in [9.17, 15) is 4.79 Å². The Balaban J connectivity index is 1.49. The molecule has 1 aliphatic rings. The first-order valence-electron chi connectivity index (χ1n) is 7.89.